The van der Waals surface area contributed by atoms with Gasteiger partial charge >= 0.3 is 11.9 Å². The monoisotopic (exact) mass is 707 g/mol. The van der Waals surface area contributed by atoms with Crippen LogP contribution in [0.25, 0.3) is 16.8 Å². The molecule has 0 amide bonds. The van der Waals surface area contributed by atoms with Crippen LogP contribution in [0.2, 0.25) is 0 Å². The van der Waals surface area contributed by atoms with Gasteiger partial charge in [-0.25, -0.2) is 14.6 Å². The number of fused-ring (bicyclic) bond motifs is 2. The molecule has 260 valence electrons. The minimum absolute atomic E-state index is 0.112. The van der Waals surface area contributed by atoms with Gasteiger partial charge in [0.2, 0.25) is 0 Å². The summed E-state index contributed by atoms with van der Waals surface area (Å²) in [5.74, 6) is -0.217. The van der Waals surface area contributed by atoms with Crippen molar-refractivity contribution in [1.82, 2.24) is 4.57 Å². The molecule has 1 aliphatic heterocycles. The summed E-state index contributed by atoms with van der Waals surface area (Å²) in [6.45, 7) is 3.81. The summed E-state index contributed by atoms with van der Waals surface area (Å²) >= 11 is 1.14. The number of methoxy groups -OCH3 is 2. The lowest BCUT2D eigenvalue weighted by molar-refractivity contribution is -0.384. The molecule has 51 heavy (non-hydrogen) atoms. The SMILES string of the molecule is CCCC1=C(C(=O)OCC)[C@H](c2cc(OC)ccc2OC)n2c(s/c(=C\c3c(OC(=O)c4ccc([N+](=O)[O-])cc4)ccc4ccccc34)c2=O)=N1. The first-order chi connectivity index (χ1) is 24.7. The molecule has 0 aliphatic carbocycles. The van der Waals surface area contributed by atoms with Gasteiger partial charge in [0.1, 0.15) is 23.3 Å². The highest BCUT2D eigenvalue weighted by molar-refractivity contribution is 7.07. The summed E-state index contributed by atoms with van der Waals surface area (Å²) in [4.78, 5) is 57.3. The Labute approximate surface area is 295 Å². The standard InChI is InChI=1S/C38H33N3O9S/c1-5-9-29-33(37(44)49-6-2)34(28-20-25(47-3)17-19-30(28)48-4)40-35(42)32(51-38(40)39-29)21-27-26-11-8-7-10-22(26)14-18-31(27)50-36(43)23-12-15-24(16-13-23)41(45)46/h7-8,10-21,34H,5-6,9H2,1-4H3/b32-21-/t34-/m0/s1. The Morgan fingerprint density at radius 2 is 1.71 bits per heavy atom. The lowest BCUT2D eigenvalue weighted by Gasteiger charge is -2.27. The number of rotatable bonds is 11. The van der Waals surface area contributed by atoms with Crippen LogP contribution in [-0.4, -0.2) is 42.3 Å². The van der Waals surface area contributed by atoms with Crippen molar-refractivity contribution >= 4 is 45.8 Å². The summed E-state index contributed by atoms with van der Waals surface area (Å²) in [7, 11) is 3.04. The molecule has 2 heterocycles. The van der Waals surface area contributed by atoms with Crippen LogP contribution in [0.3, 0.4) is 0 Å². The van der Waals surface area contributed by atoms with E-state index in [-0.39, 0.29) is 33.7 Å². The third-order valence-electron chi connectivity index (χ3n) is 8.35. The second-order valence-corrected chi connectivity index (χ2v) is 12.4. The number of aromatic nitrogens is 1. The lowest BCUT2D eigenvalue weighted by atomic mass is 9.93. The number of benzene rings is 4. The molecule has 1 aromatic heterocycles. The number of non-ortho nitro benzene ring substituents is 1. The van der Waals surface area contributed by atoms with E-state index >= 15 is 0 Å². The third-order valence-corrected chi connectivity index (χ3v) is 9.33. The number of esters is 2. The first kappa shape index (κ1) is 34.8. The summed E-state index contributed by atoms with van der Waals surface area (Å²) in [5, 5.41) is 12.7. The predicted molar refractivity (Wildman–Crippen MR) is 191 cm³/mol. The normalized spacial score (nSPS) is 14.1. The number of hydrogen-bond acceptors (Lipinski definition) is 11. The highest BCUT2D eigenvalue weighted by atomic mass is 32.1. The molecule has 0 bridgehead atoms. The molecular formula is C38H33N3O9S. The van der Waals surface area contributed by atoms with E-state index in [9.17, 15) is 24.5 Å². The number of carbonyl (C=O) groups is 2. The number of nitro groups is 1. The first-order valence-corrected chi connectivity index (χ1v) is 16.9. The van der Waals surface area contributed by atoms with Crippen molar-refractivity contribution in [3.63, 3.8) is 0 Å². The van der Waals surface area contributed by atoms with Crippen LogP contribution < -0.4 is 29.1 Å². The van der Waals surface area contributed by atoms with E-state index in [0.717, 1.165) is 16.7 Å². The van der Waals surface area contributed by atoms with Crippen molar-refractivity contribution in [3.8, 4) is 17.2 Å². The average Bonchev–Trinajstić information content (AvgIpc) is 3.45. The minimum atomic E-state index is -0.957. The first-order valence-electron chi connectivity index (χ1n) is 16.1. The van der Waals surface area contributed by atoms with E-state index in [1.807, 2.05) is 31.2 Å². The Balaban J connectivity index is 1.57. The van der Waals surface area contributed by atoms with Gasteiger partial charge in [-0.2, -0.15) is 0 Å². The Kier molecular flexibility index (Phi) is 10.1. The van der Waals surface area contributed by atoms with Crippen LogP contribution in [0.5, 0.6) is 17.2 Å². The molecule has 6 rings (SSSR count). The summed E-state index contributed by atoms with van der Waals surface area (Å²) in [6.07, 6.45) is 2.78. The van der Waals surface area contributed by atoms with Crippen molar-refractivity contribution in [1.29, 1.82) is 0 Å². The summed E-state index contributed by atoms with van der Waals surface area (Å²) in [5.41, 5.74) is 1.22. The highest BCUT2D eigenvalue weighted by Gasteiger charge is 2.36. The molecule has 1 aliphatic rings. The van der Waals surface area contributed by atoms with Crippen molar-refractivity contribution in [2.24, 2.45) is 4.99 Å². The zero-order valence-corrected chi connectivity index (χ0v) is 29.0. The lowest BCUT2D eigenvalue weighted by Crippen LogP contribution is -2.40. The van der Waals surface area contributed by atoms with E-state index in [1.165, 1.54) is 43.1 Å². The Morgan fingerprint density at radius 1 is 0.961 bits per heavy atom. The quantitative estimate of drug-likeness (QED) is 0.0711. The van der Waals surface area contributed by atoms with Gasteiger partial charge in [-0.05, 0) is 66.6 Å². The number of nitro benzene ring substituents is 1. The molecule has 1 atom stereocenters. The average molecular weight is 708 g/mol. The van der Waals surface area contributed by atoms with Gasteiger partial charge in [-0.15, -0.1) is 0 Å². The van der Waals surface area contributed by atoms with Gasteiger partial charge in [0.15, 0.2) is 4.80 Å². The van der Waals surface area contributed by atoms with E-state index in [4.69, 9.17) is 23.9 Å². The van der Waals surface area contributed by atoms with Gasteiger partial charge < -0.3 is 18.9 Å². The van der Waals surface area contributed by atoms with E-state index < -0.39 is 28.5 Å². The van der Waals surface area contributed by atoms with Crippen molar-refractivity contribution < 1.29 is 33.5 Å². The number of thiazole rings is 1. The number of hydrogen-bond donors (Lipinski definition) is 0. The minimum Gasteiger partial charge on any atom is -0.497 e. The van der Waals surface area contributed by atoms with E-state index in [0.29, 0.717) is 51.4 Å². The zero-order chi connectivity index (χ0) is 36.2. The molecule has 13 heteroatoms. The smallest absolute Gasteiger partial charge is 0.343 e. The zero-order valence-electron chi connectivity index (χ0n) is 28.2. The second kappa shape index (κ2) is 14.8. The van der Waals surface area contributed by atoms with Gasteiger partial charge in [0, 0.05) is 23.3 Å². The Bertz CT molecular complexity index is 2390. The molecule has 0 spiro atoms. The molecule has 5 aromatic rings. The fourth-order valence-electron chi connectivity index (χ4n) is 5.99. The fourth-order valence-corrected chi connectivity index (χ4v) is 6.99. The van der Waals surface area contributed by atoms with Crippen molar-refractivity contribution in [2.75, 3.05) is 20.8 Å². The van der Waals surface area contributed by atoms with Gasteiger partial charge in [0.05, 0.1) is 47.1 Å². The summed E-state index contributed by atoms with van der Waals surface area (Å²) in [6, 6.07) is 20.2. The van der Waals surface area contributed by atoms with Crippen molar-refractivity contribution in [3.05, 3.63) is 137 Å². The Morgan fingerprint density at radius 3 is 2.39 bits per heavy atom. The molecule has 0 saturated carbocycles. The fraction of sp³-hybridized carbons (Fsp3) is 0.211. The maximum Gasteiger partial charge on any atom is 0.343 e. The maximum absolute atomic E-state index is 14.6. The Hall–Kier alpha value is -6.08. The maximum atomic E-state index is 14.6. The van der Waals surface area contributed by atoms with Crippen molar-refractivity contribution in [2.45, 2.75) is 32.7 Å². The molecular weight excluding hydrogens is 674 g/mol. The predicted octanol–water partition coefficient (Wildman–Crippen LogP) is 5.88. The van der Waals surface area contributed by atoms with Crippen LogP contribution >= 0.6 is 11.3 Å². The molecule has 12 nitrogen and oxygen atoms in total. The molecule has 0 radical (unpaired) electrons. The van der Waals surface area contributed by atoms with Gasteiger partial charge in [0.25, 0.3) is 11.2 Å². The van der Waals surface area contributed by atoms with Gasteiger partial charge in [-0.3, -0.25) is 19.5 Å². The number of carbonyl (C=O) groups excluding carboxylic acids is 2. The third kappa shape index (κ3) is 6.75. The van der Waals surface area contributed by atoms with Crippen LogP contribution in [0.15, 0.2) is 99.9 Å². The van der Waals surface area contributed by atoms with Crippen LogP contribution in [-0.2, 0) is 9.53 Å². The van der Waals surface area contributed by atoms with Crippen LogP contribution in [0.1, 0.15) is 54.2 Å². The van der Waals surface area contributed by atoms with Crippen LogP contribution in [0, 0.1) is 10.1 Å². The van der Waals surface area contributed by atoms with Crippen LogP contribution in [0.4, 0.5) is 5.69 Å². The van der Waals surface area contributed by atoms with Gasteiger partial charge in [-0.1, -0.05) is 55.0 Å². The molecule has 0 fully saturated rings. The van der Waals surface area contributed by atoms with E-state index in [2.05, 4.69) is 0 Å². The molecule has 0 unspecified atom stereocenters. The topological polar surface area (TPSA) is 149 Å². The van der Waals surface area contributed by atoms with E-state index in [1.54, 1.807) is 43.3 Å². The highest BCUT2D eigenvalue weighted by Crippen LogP contribution is 2.39. The molecule has 4 aromatic carbocycles. The molecule has 0 saturated heterocycles. The summed E-state index contributed by atoms with van der Waals surface area (Å²) < 4.78 is 24.4. The number of nitrogens with zero attached hydrogens (tertiary/aromatic N) is 3. The number of allylic oxidation sites excluding steroid dienone is 1. The molecule has 0 N–H and O–H groups in total. The second-order valence-electron chi connectivity index (χ2n) is 11.4. The number of ether oxygens (including phenoxy) is 4. The largest absolute Gasteiger partial charge is 0.497 e.